The van der Waals surface area contributed by atoms with E-state index >= 15 is 0 Å². The van der Waals surface area contributed by atoms with Crippen LogP contribution in [0.15, 0.2) is 48.7 Å². The summed E-state index contributed by atoms with van der Waals surface area (Å²) in [6.07, 6.45) is 1.68. The third kappa shape index (κ3) is 2.63. The second kappa shape index (κ2) is 6.23. The number of rotatable bonds is 3. The number of ether oxygens (including phenoxy) is 2. The van der Waals surface area contributed by atoms with Crippen molar-refractivity contribution in [2.75, 3.05) is 5.73 Å². The normalized spacial score (nSPS) is 20.7. The molecule has 1 fully saturated rings. The molecule has 2 heterocycles. The van der Waals surface area contributed by atoms with Crippen LogP contribution in [0, 0.1) is 0 Å². The summed E-state index contributed by atoms with van der Waals surface area (Å²) >= 11 is 0. The highest BCUT2D eigenvalue weighted by Gasteiger charge is 2.42. The lowest BCUT2D eigenvalue weighted by Gasteiger charge is -2.16. The Bertz CT molecular complexity index is 1130. The van der Waals surface area contributed by atoms with E-state index in [4.69, 9.17) is 15.2 Å². The number of hydrogen-bond acceptors (Lipinski definition) is 6. The smallest absolute Gasteiger partial charge is 0.414 e. The molecule has 0 unspecified atom stereocenters. The van der Waals surface area contributed by atoms with Crippen molar-refractivity contribution in [2.24, 2.45) is 0 Å². The van der Waals surface area contributed by atoms with Crippen LogP contribution in [0.4, 0.5) is 10.5 Å². The van der Waals surface area contributed by atoms with E-state index < -0.39 is 12.2 Å². The van der Waals surface area contributed by atoms with Crippen LogP contribution >= 0.6 is 0 Å². The number of nitrogens with one attached hydrogen (secondary N) is 1. The Labute approximate surface area is 160 Å². The van der Waals surface area contributed by atoms with E-state index in [2.05, 4.69) is 10.3 Å². The van der Waals surface area contributed by atoms with E-state index in [9.17, 15) is 9.59 Å². The molecule has 1 aliphatic heterocycles. The molecule has 0 spiro atoms. The minimum atomic E-state index is -0.761. The fourth-order valence-electron chi connectivity index (χ4n) is 4.02. The van der Waals surface area contributed by atoms with Gasteiger partial charge in [-0.25, -0.2) is 9.78 Å². The van der Waals surface area contributed by atoms with Gasteiger partial charge in [0.2, 0.25) is 5.88 Å². The highest BCUT2D eigenvalue weighted by molar-refractivity contribution is 6.00. The largest absolute Gasteiger partial charge is 0.438 e. The molecule has 1 saturated heterocycles. The summed E-state index contributed by atoms with van der Waals surface area (Å²) in [6.45, 7) is 0. The summed E-state index contributed by atoms with van der Waals surface area (Å²) in [4.78, 5) is 27.6. The van der Waals surface area contributed by atoms with E-state index in [1.54, 1.807) is 6.20 Å². The Morgan fingerprint density at radius 1 is 1.14 bits per heavy atom. The maximum atomic E-state index is 11.9. The Kier molecular flexibility index (Phi) is 3.68. The maximum absolute atomic E-state index is 11.9. The lowest BCUT2D eigenvalue weighted by molar-refractivity contribution is -0.124. The van der Waals surface area contributed by atoms with Crippen LogP contribution in [-0.2, 0) is 16.0 Å². The van der Waals surface area contributed by atoms with Crippen molar-refractivity contribution < 1.29 is 19.1 Å². The third-order valence-electron chi connectivity index (χ3n) is 5.33. The predicted octanol–water partition coefficient (Wildman–Crippen LogP) is 3.27. The molecule has 1 aliphatic carbocycles. The van der Waals surface area contributed by atoms with Crippen molar-refractivity contribution in [1.29, 1.82) is 0 Å². The van der Waals surface area contributed by atoms with Crippen LogP contribution in [0.25, 0.3) is 10.8 Å². The van der Waals surface area contributed by atoms with Crippen LogP contribution in [0.2, 0.25) is 0 Å². The highest BCUT2D eigenvalue weighted by atomic mass is 16.6. The molecule has 1 aromatic heterocycles. The molecule has 3 N–H and O–H groups in total. The van der Waals surface area contributed by atoms with Crippen LogP contribution in [0.5, 0.6) is 11.6 Å². The van der Waals surface area contributed by atoms with E-state index in [0.717, 1.165) is 34.7 Å². The van der Waals surface area contributed by atoms with Crippen molar-refractivity contribution in [3.8, 4) is 11.6 Å². The number of hydrogen-bond donors (Lipinski definition) is 2. The zero-order chi connectivity index (χ0) is 19.3. The predicted molar refractivity (Wildman–Crippen MR) is 102 cm³/mol. The number of carbonyl (C=O) groups is 2. The third-order valence-corrected chi connectivity index (χ3v) is 5.33. The lowest BCUT2D eigenvalue weighted by atomic mass is 9.95. The van der Waals surface area contributed by atoms with Gasteiger partial charge in [-0.15, -0.1) is 0 Å². The van der Waals surface area contributed by atoms with Gasteiger partial charge in [0.1, 0.15) is 5.75 Å². The fourth-order valence-corrected chi connectivity index (χ4v) is 4.02. The van der Waals surface area contributed by atoms with Crippen molar-refractivity contribution in [1.82, 2.24) is 10.3 Å². The molecular formula is C21H17N3O4. The van der Waals surface area contributed by atoms with Gasteiger partial charge in [0.05, 0.1) is 11.9 Å². The maximum Gasteiger partial charge on any atom is 0.414 e. The van der Waals surface area contributed by atoms with Gasteiger partial charge in [-0.2, -0.15) is 0 Å². The molecule has 0 radical (unpaired) electrons. The number of aryl methyl sites for hydroxylation is 1. The zero-order valence-corrected chi connectivity index (χ0v) is 14.8. The molecule has 3 aromatic rings. The average Bonchev–Trinajstić information content (AvgIpc) is 3.26. The number of imide groups is 1. The topological polar surface area (TPSA) is 104 Å². The highest BCUT2D eigenvalue weighted by Crippen LogP contribution is 2.40. The summed E-state index contributed by atoms with van der Waals surface area (Å²) in [7, 11) is 0. The second-order valence-corrected chi connectivity index (χ2v) is 6.99. The molecule has 28 heavy (non-hydrogen) atoms. The van der Waals surface area contributed by atoms with Crippen molar-refractivity contribution in [3.63, 3.8) is 0 Å². The first kappa shape index (κ1) is 16.6. The molecule has 2 atom stereocenters. The SMILES string of the molecule is Nc1cnc(Oc2ccc3c(c2)CC[C@H]3[C@H]2OC(=O)NC2=O)c2ccccc12. The second-order valence-electron chi connectivity index (χ2n) is 6.99. The monoisotopic (exact) mass is 375 g/mol. The molecule has 7 heteroatoms. The van der Waals surface area contributed by atoms with Crippen LogP contribution in [0.3, 0.4) is 0 Å². The van der Waals surface area contributed by atoms with Crippen LogP contribution < -0.4 is 15.8 Å². The van der Waals surface area contributed by atoms with Gasteiger partial charge in [-0.05, 0) is 42.2 Å². The first-order valence-electron chi connectivity index (χ1n) is 9.05. The van der Waals surface area contributed by atoms with Gasteiger partial charge < -0.3 is 15.2 Å². The minimum absolute atomic E-state index is 0.133. The van der Waals surface area contributed by atoms with Gasteiger partial charge >= 0.3 is 6.09 Å². The number of anilines is 1. The number of benzene rings is 2. The molecule has 7 nitrogen and oxygen atoms in total. The quantitative estimate of drug-likeness (QED) is 0.728. The van der Waals surface area contributed by atoms with E-state index in [-0.39, 0.29) is 11.8 Å². The summed E-state index contributed by atoms with van der Waals surface area (Å²) in [5.74, 6) is 0.643. The first-order valence-corrected chi connectivity index (χ1v) is 9.05. The lowest BCUT2D eigenvalue weighted by Crippen LogP contribution is -2.28. The molecule has 2 aromatic carbocycles. The number of fused-ring (bicyclic) bond motifs is 2. The number of alkyl carbamates (subject to hydrolysis) is 1. The van der Waals surface area contributed by atoms with E-state index in [0.29, 0.717) is 17.3 Å². The summed E-state index contributed by atoms with van der Waals surface area (Å²) in [6, 6.07) is 13.4. The standard InChI is InChI=1S/C21H17N3O4/c22-17-10-23-20(16-4-2-1-3-14(16)17)27-12-6-8-13-11(9-12)5-7-15(13)18-19(25)24-21(26)28-18/h1-4,6,8-10,15,18H,5,7,22H2,(H,24,25,26)/t15-,18-/m1/s1. The summed E-state index contributed by atoms with van der Waals surface area (Å²) in [5, 5.41) is 3.93. The molecule has 0 saturated carbocycles. The number of nitrogen functional groups attached to an aromatic ring is 1. The Balaban J connectivity index is 1.45. The average molecular weight is 375 g/mol. The van der Waals surface area contributed by atoms with Gasteiger partial charge in [0, 0.05) is 16.7 Å². The number of amides is 2. The molecule has 5 rings (SSSR count). The van der Waals surface area contributed by atoms with Gasteiger partial charge in [-0.3, -0.25) is 10.1 Å². The number of nitrogens with two attached hydrogens (primary N) is 1. The van der Waals surface area contributed by atoms with Crippen molar-refractivity contribution >= 4 is 28.5 Å². The number of nitrogens with zero attached hydrogens (tertiary/aromatic N) is 1. The van der Waals surface area contributed by atoms with Crippen LogP contribution in [0.1, 0.15) is 23.5 Å². The van der Waals surface area contributed by atoms with Crippen LogP contribution in [-0.4, -0.2) is 23.1 Å². The molecule has 140 valence electrons. The number of aromatic nitrogens is 1. The van der Waals surface area contributed by atoms with Gasteiger partial charge in [-0.1, -0.05) is 24.3 Å². The summed E-state index contributed by atoms with van der Waals surface area (Å²) in [5.41, 5.74) is 8.70. The zero-order valence-electron chi connectivity index (χ0n) is 14.8. The number of pyridine rings is 1. The van der Waals surface area contributed by atoms with Crippen molar-refractivity contribution in [3.05, 3.63) is 59.8 Å². The number of cyclic esters (lactones) is 1. The van der Waals surface area contributed by atoms with E-state index in [1.165, 1.54) is 0 Å². The number of carbonyl (C=O) groups excluding carboxylic acids is 2. The Morgan fingerprint density at radius 2 is 1.96 bits per heavy atom. The van der Waals surface area contributed by atoms with Gasteiger partial charge in [0.25, 0.3) is 5.91 Å². The molecular weight excluding hydrogens is 358 g/mol. The summed E-state index contributed by atoms with van der Waals surface area (Å²) < 4.78 is 11.2. The minimum Gasteiger partial charge on any atom is -0.438 e. The molecule has 0 bridgehead atoms. The van der Waals surface area contributed by atoms with Crippen molar-refractivity contribution in [2.45, 2.75) is 24.9 Å². The van der Waals surface area contributed by atoms with E-state index in [1.807, 2.05) is 42.5 Å². The van der Waals surface area contributed by atoms with Gasteiger partial charge in [0.15, 0.2) is 6.10 Å². The Hall–Kier alpha value is -3.61. The molecule has 2 amide bonds. The fraction of sp³-hybridized carbons (Fsp3) is 0.190. The Morgan fingerprint density at radius 3 is 2.75 bits per heavy atom. The molecule has 2 aliphatic rings. The first-order chi connectivity index (χ1) is 13.6.